The van der Waals surface area contributed by atoms with Crippen LogP contribution in [0.3, 0.4) is 0 Å². The van der Waals surface area contributed by atoms with E-state index in [9.17, 15) is 0 Å². The van der Waals surface area contributed by atoms with Gasteiger partial charge in [-0.15, -0.1) is 0 Å². The minimum absolute atomic E-state index is 0.147. The highest BCUT2D eigenvalue weighted by atomic mass is 15.1. The molecular formula is C14H27N3. The van der Waals surface area contributed by atoms with E-state index in [0.717, 1.165) is 18.7 Å². The van der Waals surface area contributed by atoms with Crippen molar-refractivity contribution in [2.45, 2.75) is 67.0 Å². The van der Waals surface area contributed by atoms with Crippen LogP contribution in [0, 0.1) is 19.3 Å². The van der Waals surface area contributed by atoms with Crippen LogP contribution in [0.5, 0.6) is 0 Å². The molecule has 0 unspecified atom stereocenters. The highest BCUT2D eigenvalue weighted by molar-refractivity contribution is 5.23. The Hall–Kier alpha value is -0.830. The lowest BCUT2D eigenvalue weighted by molar-refractivity contribution is 0.240. The van der Waals surface area contributed by atoms with Gasteiger partial charge in [-0.05, 0) is 39.5 Å². The van der Waals surface area contributed by atoms with Gasteiger partial charge >= 0.3 is 0 Å². The molecule has 0 radical (unpaired) electrons. The van der Waals surface area contributed by atoms with E-state index in [1.165, 1.54) is 11.3 Å². The maximum Gasteiger partial charge on any atom is 0.0638 e. The Kier molecular flexibility index (Phi) is 4.03. The summed E-state index contributed by atoms with van der Waals surface area (Å²) in [6, 6.07) is 0. The summed E-state index contributed by atoms with van der Waals surface area (Å²) < 4.78 is 0. The van der Waals surface area contributed by atoms with Crippen molar-refractivity contribution >= 4 is 0 Å². The predicted molar refractivity (Wildman–Crippen MR) is 73.1 cm³/mol. The first-order chi connectivity index (χ1) is 7.61. The number of hydrogen-bond acceptors (Lipinski definition) is 2. The molecule has 0 amide bonds. The third-order valence-electron chi connectivity index (χ3n) is 3.00. The molecule has 1 heterocycles. The quantitative estimate of drug-likeness (QED) is 0.843. The van der Waals surface area contributed by atoms with Gasteiger partial charge in [0.1, 0.15) is 0 Å². The van der Waals surface area contributed by atoms with Crippen LogP contribution in [-0.4, -0.2) is 15.7 Å². The Morgan fingerprint density at radius 2 is 1.71 bits per heavy atom. The second-order valence-electron chi connectivity index (χ2n) is 6.89. The van der Waals surface area contributed by atoms with Gasteiger partial charge in [0.2, 0.25) is 0 Å². The minimum Gasteiger partial charge on any atom is -0.308 e. The summed E-state index contributed by atoms with van der Waals surface area (Å²) in [7, 11) is 0. The van der Waals surface area contributed by atoms with Crippen molar-refractivity contribution in [1.82, 2.24) is 15.5 Å². The van der Waals surface area contributed by atoms with E-state index >= 15 is 0 Å². The van der Waals surface area contributed by atoms with Crippen LogP contribution in [0.1, 0.15) is 58.0 Å². The maximum atomic E-state index is 4.23. The summed E-state index contributed by atoms with van der Waals surface area (Å²) in [4.78, 5) is 0. The second kappa shape index (κ2) is 4.81. The van der Waals surface area contributed by atoms with Crippen molar-refractivity contribution in [3.8, 4) is 0 Å². The second-order valence-corrected chi connectivity index (χ2v) is 6.89. The van der Waals surface area contributed by atoms with E-state index in [0.29, 0.717) is 5.41 Å². The summed E-state index contributed by atoms with van der Waals surface area (Å²) in [6.07, 6.45) is 1.15. The van der Waals surface area contributed by atoms with Gasteiger partial charge in [-0.1, -0.05) is 20.8 Å². The molecular weight excluding hydrogens is 210 g/mol. The Morgan fingerprint density at radius 1 is 1.12 bits per heavy atom. The van der Waals surface area contributed by atoms with Crippen LogP contribution in [0.4, 0.5) is 0 Å². The van der Waals surface area contributed by atoms with Crippen molar-refractivity contribution in [2.75, 3.05) is 0 Å². The first-order valence-corrected chi connectivity index (χ1v) is 6.36. The molecule has 2 N–H and O–H groups in total. The summed E-state index contributed by atoms with van der Waals surface area (Å²) in [6.45, 7) is 16.4. The number of rotatable bonds is 4. The standard InChI is InChI=1S/C14H27N3/c1-10-12(11(2)17-16-10)8-15-14(6,7)9-13(3,4)5/h15H,8-9H2,1-7H3,(H,16,17). The average Bonchev–Trinajstić information content (AvgIpc) is 2.39. The number of H-pyrrole nitrogens is 1. The molecule has 0 bridgehead atoms. The van der Waals surface area contributed by atoms with E-state index in [1.807, 2.05) is 0 Å². The van der Waals surface area contributed by atoms with Crippen LogP contribution < -0.4 is 5.32 Å². The fourth-order valence-corrected chi connectivity index (χ4v) is 2.55. The Bertz CT molecular complexity index is 350. The molecule has 3 heteroatoms. The topological polar surface area (TPSA) is 40.7 Å². The van der Waals surface area contributed by atoms with Crippen molar-refractivity contribution in [3.05, 3.63) is 17.0 Å². The Morgan fingerprint density at radius 3 is 2.12 bits per heavy atom. The number of aromatic nitrogens is 2. The summed E-state index contributed by atoms with van der Waals surface area (Å²) in [5.41, 5.74) is 4.06. The summed E-state index contributed by atoms with van der Waals surface area (Å²) in [5, 5.41) is 10.9. The summed E-state index contributed by atoms with van der Waals surface area (Å²) >= 11 is 0. The van der Waals surface area contributed by atoms with Crippen molar-refractivity contribution < 1.29 is 0 Å². The monoisotopic (exact) mass is 237 g/mol. The molecule has 0 spiro atoms. The lowest BCUT2D eigenvalue weighted by Crippen LogP contribution is -2.42. The molecule has 17 heavy (non-hydrogen) atoms. The molecule has 0 fully saturated rings. The third kappa shape index (κ3) is 4.50. The molecule has 0 aromatic carbocycles. The predicted octanol–water partition coefficient (Wildman–Crippen LogP) is 3.33. The van der Waals surface area contributed by atoms with Gasteiger partial charge in [-0.25, -0.2) is 0 Å². The van der Waals surface area contributed by atoms with Crippen molar-refractivity contribution in [2.24, 2.45) is 5.41 Å². The van der Waals surface area contributed by atoms with Gasteiger partial charge in [0.15, 0.2) is 0 Å². The molecule has 0 aliphatic rings. The number of aryl methyl sites for hydroxylation is 2. The zero-order valence-corrected chi connectivity index (χ0v) is 12.4. The zero-order valence-electron chi connectivity index (χ0n) is 12.4. The number of nitrogens with one attached hydrogen (secondary N) is 2. The van der Waals surface area contributed by atoms with Crippen LogP contribution >= 0.6 is 0 Å². The Balaban J connectivity index is 2.61. The zero-order chi connectivity index (χ0) is 13.3. The maximum absolute atomic E-state index is 4.23. The van der Waals surface area contributed by atoms with E-state index in [-0.39, 0.29) is 5.54 Å². The van der Waals surface area contributed by atoms with E-state index < -0.39 is 0 Å². The number of hydrogen-bond donors (Lipinski definition) is 2. The fraction of sp³-hybridized carbons (Fsp3) is 0.786. The fourth-order valence-electron chi connectivity index (χ4n) is 2.55. The molecule has 1 rings (SSSR count). The molecule has 0 aliphatic heterocycles. The normalized spacial score (nSPS) is 13.1. The van der Waals surface area contributed by atoms with Crippen molar-refractivity contribution in [1.29, 1.82) is 0 Å². The summed E-state index contributed by atoms with van der Waals surface area (Å²) in [5.74, 6) is 0. The molecule has 0 saturated carbocycles. The van der Waals surface area contributed by atoms with Gasteiger partial charge in [0, 0.05) is 23.3 Å². The van der Waals surface area contributed by atoms with Crippen LogP contribution in [0.15, 0.2) is 0 Å². The molecule has 0 aliphatic carbocycles. The number of nitrogens with zero attached hydrogens (tertiary/aromatic N) is 1. The minimum atomic E-state index is 0.147. The number of aromatic amines is 1. The molecule has 0 atom stereocenters. The molecule has 0 saturated heterocycles. The average molecular weight is 237 g/mol. The molecule has 3 nitrogen and oxygen atoms in total. The largest absolute Gasteiger partial charge is 0.308 e. The third-order valence-corrected chi connectivity index (χ3v) is 3.00. The van der Waals surface area contributed by atoms with Crippen LogP contribution in [0.2, 0.25) is 0 Å². The molecule has 1 aromatic rings. The lowest BCUT2D eigenvalue weighted by atomic mass is 9.81. The first-order valence-electron chi connectivity index (χ1n) is 6.36. The van der Waals surface area contributed by atoms with Gasteiger partial charge in [0.25, 0.3) is 0 Å². The Labute approximate surface area is 105 Å². The van der Waals surface area contributed by atoms with Gasteiger partial charge in [0.05, 0.1) is 5.69 Å². The van der Waals surface area contributed by atoms with E-state index in [2.05, 4.69) is 64.0 Å². The molecule has 1 aromatic heterocycles. The SMILES string of the molecule is Cc1n[nH]c(C)c1CNC(C)(C)CC(C)(C)C. The van der Waals surface area contributed by atoms with Crippen molar-refractivity contribution in [3.63, 3.8) is 0 Å². The van der Waals surface area contributed by atoms with E-state index in [4.69, 9.17) is 0 Å². The van der Waals surface area contributed by atoms with Crippen LogP contribution in [-0.2, 0) is 6.54 Å². The molecule has 98 valence electrons. The van der Waals surface area contributed by atoms with Crippen LogP contribution in [0.25, 0.3) is 0 Å². The van der Waals surface area contributed by atoms with E-state index in [1.54, 1.807) is 0 Å². The highest BCUT2D eigenvalue weighted by Gasteiger charge is 2.25. The van der Waals surface area contributed by atoms with Gasteiger partial charge in [-0.2, -0.15) is 5.10 Å². The highest BCUT2D eigenvalue weighted by Crippen LogP contribution is 2.27. The lowest BCUT2D eigenvalue weighted by Gasteiger charge is -2.33. The van der Waals surface area contributed by atoms with Gasteiger partial charge < -0.3 is 5.32 Å². The smallest absolute Gasteiger partial charge is 0.0638 e. The first kappa shape index (κ1) is 14.2. The van der Waals surface area contributed by atoms with Gasteiger partial charge in [-0.3, -0.25) is 5.10 Å².